The Hall–Kier alpha value is -4.14. The molecule has 0 saturated carbocycles. The number of amides is 1. The van der Waals surface area contributed by atoms with Gasteiger partial charge in [0.25, 0.3) is 0 Å². The minimum atomic E-state index is -4.40. The fraction of sp³-hybridized carbons (Fsp3) is 0.0833. The van der Waals surface area contributed by atoms with E-state index >= 15 is 0 Å². The molecule has 0 saturated heterocycles. The molecule has 168 valence electrons. The van der Waals surface area contributed by atoms with Crippen LogP contribution in [0.4, 0.5) is 28.9 Å². The number of fused-ring (bicyclic) bond motifs is 1. The Kier molecular flexibility index (Phi) is 6.12. The van der Waals surface area contributed by atoms with Crippen LogP contribution in [-0.2, 0) is 17.5 Å². The number of carbonyl (C=O) groups excluding carboxylic acids is 1. The van der Waals surface area contributed by atoms with Crippen molar-refractivity contribution in [2.75, 3.05) is 10.7 Å². The molecule has 0 spiro atoms. The molecule has 0 atom stereocenters. The van der Waals surface area contributed by atoms with Gasteiger partial charge in [-0.1, -0.05) is 18.2 Å². The van der Waals surface area contributed by atoms with Gasteiger partial charge in [0.05, 0.1) is 17.5 Å². The van der Waals surface area contributed by atoms with Crippen molar-refractivity contribution in [3.63, 3.8) is 0 Å². The van der Waals surface area contributed by atoms with Crippen LogP contribution in [0.5, 0.6) is 0 Å². The van der Waals surface area contributed by atoms with E-state index in [0.29, 0.717) is 11.4 Å². The van der Waals surface area contributed by atoms with Gasteiger partial charge in [0.2, 0.25) is 5.91 Å². The molecule has 1 heterocycles. The highest BCUT2D eigenvalue weighted by atomic mass is 19.4. The molecule has 1 amide bonds. The first kappa shape index (κ1) is 22.1. The summed E-state index contributed by atoms with van der Waals surface area (Å²) in [5, 5.41) is 7.69. The van der Waals surface area contributed by atoms with Crippen LogP contribution in [0.1, 0.15) is 11.1 Å². The normalized spacial score (nSPS) is 11.8. The molecule has 5 nitrogen and oxygen atoms in total. The number of halogens is 4. The number of nitrogens with zero attached hydrogens (tertiary/aromatic N) is 2. The highest BCUT2D eigenvalue weighted by molar-refractivity contribution is 6.00. The first-order valence-corrected chi connectivity index (χ1v) is 9.89. The molecule has 33 heavy (non-hydrogen) atoms. The fourth-order valence-corrected chi connectivity index (χ4v) is 3.31. The summed E-state index contributed by atoms with van der Waals surface area (Å²) in [5.74, 6) is -0.674. The summed E-state index contributed by atoms with van der Waals surface area (Å²) < 4.78 is 52.8. The summed E-state index contributed by atoms with van der Waals surface area (Å²) in [5.41, 5.74) is 4.39. The van der Waals surface area contributed by atoms with E-state index in [4.69, 9.17) is 0 Å². The van der Waals surface area contributed by atoms with Crippen molar-refractivity contribution in [1.29, 1.82) is 0 Å². The van der Waals surface area contributed by atoms with E-state index in [9.17, 15) is 22.4 Å². The SMILES string of the molecule is O=C(Cn1cc(/C=N/Nc2ccc(C(F)(F)F)cc2)c2ccccc21)Nc1ccc(F)cc1. The molecule has 1 aromatic heterocycles. The van der Waals surface area contributed by atoms with Crippen molar-refractivity contribution >= 4 is 34.4 Å². The summed E-state index contributed by atoms with van der Waals surface area (Å²) in [6.07, 6.45) is -1.10. The van der Waals surface area contributed by atoms with E-state index in [1.54, 1.807) is 10.8 Å². The van der Waals surface area contributed by atoms with Gasteiger partial charge in [0, 0.05) is 28.4 Å². The molecule has 4 aromatic rings. The summed E-state index contributed by atoms with van der Waals surface area (Å²) in [6, 6.07) is 17.5. The molecular weight excluding hydrogens is 436 g/mol. The minimum absolute atomic E-state index is 0.0259. The number of hydrogen-bond donors (Lipinski definition) is 2. The number of nitrogens with one attached hydrogen (secondary N) is 2. The van der Waals surface area contributed by atoms with Crippen LogP contribution in [0.2, 0.25) is 0 Å². The van der Waals surface area contributed by atoms with Crippen molar-refractivity contribution in [3.05, 3.63) is 95.9 Å². The van der Waals surface area contributed by atoms with Gasteiger partial charge in [-0.3, -0.25) is 10.2 Å². The van der Waals surface area contributed by atoms with Crippen LogP contribution in [0.25, 0.3) is 10.9 Å². The largest absolute Gasteiger partial charge is 0.416 e. The minimum Gasteiger partial charge on any atom is -0.337 e. The number of hydrogen-bond acceptors (Lipinski definition) is 3. The Labute approximate surface area is 186 Å². The lowest BCUT2D eigenvalue weighted by Crippen LogP contribution is -2.18. The smallest absolute Gasteiger partial charge is 0.337 e. The fourth-order valence-electron chi connectivity index (χ4n) is 3.31. The second kappa shape index (κ2) is 9.15. The Morgan fingerprint density at radius 3 is 2.30 bits per heavy atom. The number of carbonyl (C=O) groups is 1. The molecular formula is C24H18F4N4O. The molecule has 3 aromatic carbocycles. The molecule has 0 unspecified atom stereocenters. The van der Waals surface area contributed by atoms with E-state index in [0.717, 1.165) is 28.6 Å². The summed E-state index contributed by atoms with van der Waals surface area (Å²) in [6.45, 7) is 0.0259. The van der Waals surface area contributed by atoms with Gasteiger partial charge in [-0.05, 0) is 54.6 Å². The van der Waals surface area contributed by atoms with Crippen molar-refractivity contribution in [2.45, 2.75) is 12.7 Å². The zero-order chi connectivity index (χ0) is 23.4. The van der Waals surface area contributed by atoms with Gasteiger partial charge in [-0.15, -0.1) is 0 Å². The van der Waals surface area contributed by atoms with Crippen LogP contribution < -0.4 is 10.7 Å². The first-order chi connectivity index (χ1) is 15.8. The zero-order valence-electron chi connectivity index (χ0n) is 17.1. The maximum Gasteiger partial charge on any atom is 0.416 e. The Morgan fingerprint density at radius 2 is 1.61 bits per heavy atom. The Bertz CT molecular complexity index is 1290. The number of rotatable bonds is 6. The summed E-state index contributed by atoms with van der Waals surface area (Å²) >= 11 is 0. The van der Waals surface area contributed by atoms with Gasteiger partial charge in [0.1, 0.15) is 12.4 Å². The third-order valence-corrected chi connectivity index (χ3v) is 4.87. The topological polar surface area (TPSA) is 58.4 Å². The van der Waals surface area contributed by atoms with E-state index in [1.807, 2.05) is 24.3 Å². The molecule has 0 aliphatic heterocycles. The van der Waals surface area contributed by atoms with Crippen molar-refractivity contribution < 1.29 is 22.4 Å². The van der Waals surface area contributed by atoms with E-state index in [1.165, 1.54) is 42.6 Å². The standard InChI is InChI=1S/C24H18F4N4O/c25-18-7-11-19(12-8-18)30-23(33)15-32-14-16(21-3-1-2-4-22(21)32)13-29-31-20-9-5-17(6-10-20)24(26,27)28/h1-14,31H,15H2,(H,30,33)/b29-13+. The molecule has 4 rings (SSSR count). The number of aromatic nitrogens is 1. The summed E-state index contributed by atoms with van der Waals surface area (Å²) in [4.78, 5) is 12.5. The average molecular weight is 454 g/mol. The maximum absolute atomic E-state index is 13.0. The second-order valence-corrected chi connectivity index (χ2v) is 7.23. The first-order valence-electron chi connectivity index (χ1n) is 9.89. The monoisotopic (exact) mass is 454 g/mol. The number of benzene rings is 3. The number of anilines is 2. The van der Waals surface area contributed by atoms with Gasteiger partial charge in [0.15, 0.2) is 0 Å². The number of para-hydroxylation sites is 1. The highest BCUT2D eigenvalue weighted by Gasteiger charge is 2.29. The number of alkyl halides is 3. The second-order valence-electron chi connectivity index (χ2n) is 7.23. The quantitative estimate of drug-likeness (QED) is 0.217. The molecule has 0 fully saturated rings. The molecule has 0 aliphatic rings. The van der Waals surface area contributed by atoms with Gasteiger partial charge >= 0.3 is 6.18 Å². The van der Waals surface area contributed by atoms with Gasteiger partial charge < -0.3 is 9.88 Å². The third kappa shape index (κ3) is 5.38. The van der Waals surface area contributed by atoms with Crippen LogP contribution in [-0.4, -0.2) is 16.7 Å². The number of hydrazone groups is 1. The lowest BCUT2D eigenvalue weighted by Gasteiger charge is -2.07. The average Bonchev–Trinajstić information content (AvgIpc) is 3.12. The third-order valence-electron chi connectivity index (χ3n) is 4.87. The maximum atomic E-state index is 13.0. The predicted octanol–water partition coefficient (Wildman–Crippen LogP) is 5.88. The van der Waals surface area contributed by atoms with Crippen molar-refractivity contribution in [2.24, 2.45) is 5.10 Å². The molecule has 0 aliphatic carbocycles. The Balaban J connectivity index is 1.48. The van der Waals surface area contributed by atoms with E-state index in [2.05, 4.69) is 15.8 Å². The lowest BCUT2D eigenvalue weighted by atomic mass is 10.2. The lowest BCUT2D eigenvalue weighted by molar-refractivity contribution is -0.137. The van der Waals surface area contributed by atoms with Gasteiger partial charge in [-0.25, -0.2) is 4.39 Å². The Morgan fingerprint density at radius 1 is 0.939 bits per heavy atom. The van der Waals surface area contributed by atoms with E-state index in [-0.39, 0.29) is 12.5 Å². The van der Waals surface area contributed by atoms with Crippen LogP contribution >= 0.6 is 0 Å². The van der Waals surface area contributed by atoms with E-state index < -0.39 is 17.6 Å². The highest BCUT2D eigenvalue weighted by Crippen LogP contribution is 2.29. The zero-order valence-corrected chi connectivity index (χ0v) is 17.1. The van der Waals surface area contributed by atoms with Crippen molar-refractivity contribution in [3.8, 4) is 0 Å². The van der Waals surface area contributed by atoms with Crippen LogP contribution in [0.3, 0.4) is 0 Å². The van der Waals surface area contributed by atoms with Crippen LogP contribution in [0, 0.1) is 5.82 Å². The predicted molar refractivity (Wildman–Crippen MR) is 120 cm³/mol. The van der Waals surface area contributed by atoms with Crippen molar-refractivity contribution in [1.82, 2.24) is 4.57 Å². The van der Waals surface area contributed by atoms with Gasteiger partial charge in [-0.2, -0.15) is 18.3 Å². The summed E-state index contributed by atoms with van der Waals surface area (Å²) in [7, 11) is 0. The van der Waals surface area contributed by atoms with Crippen LogP contribution in [0.15, 0.2) is 84.1 Å². The molecule has 0 radical (unpaired) electrons. The molecule has 2 N–H and O–H groups in total. The molecule has 0 bridgehead atoms. The molecule has 9 heteroatoms.